The van der Waals surface area contributed by atoms with Crippen LogP contribution in [0.1, 0.15) is 28.8 Å². The fraction of sp³-hybridized carbons (Fsp3) is 0.316. The molecule has 0 radical (unpaired) electrons. The number of rotatable bonds is 7. The first-order chi connectivity index (χ1) is 13.0. The molecular weight excluding hydrogens is 366 g/mol. The predicted octanol–water partition coefficient (Wildman–Crippen LogP) is 1.66. The highest BCUT2D eigenvalue weighted by molar-refractivity contribution is 7.89. The largest absolute Gasteiger partial charge is 0.398 e. The van der Waals surface area contributed by atoms with E-state index >= 15 is 0 Å². The van der Waals surface area contributed by atoms with Crippen molar-refractivity contribution in [3.05, 3.63) is 59.7 Å². The van der Waals surface area contributed by atoms with Gasteiger partial charge in [-0.25, -0.2) is 13.1 Å². The van der Waals surface area contributed by atoms with Crippen molar-refractivity contribution >= 4 is 21.6 Å². The standard InChI is InChI=1S/C19H23N3O4S/c20-18-6-2-1-5-17(18)19(23)21-12-14-7-9-16(10-8-14)27(24,25)22-13-15-4-3-11-26-15/h1-2,5-10,15,22H,3-4,11-13,20H2,(H,21,23). The van der Waals surface area contributed by atoms with E-state index in [-0.39, 0.29) is 30.0 Å². The number of sulfonamides is 1. The van der Waals surface area contributed by atoms with Crippen LogP contribution in [0.15, 0.2) is 53.4 Å². The lowest BCUT2D eigenvalue weighted by Gasteiger charge is -2.12. The normalized spacial score (nSPS) is 17.0. The molecule has 0 aromatic heterocycles. The second kappa shape index (κ2) is 8.51. The van der Waals surface area contributed by atoms with Gasteiger partial charge in [-0.05, 0) is 42.7 Å². The molecule has 1 atom stereocenters. The van der Waals surface area contributed by atoms with Crippen molar-refractivity contribution in [2.45, 2.75) is 30.4 Å². The van der Waals surface area contributed by atoms with Gasteiger partial charge in [-0.2, -0.15) is 0 Å². The van der Waals surface area contributed by atoms with Gasteiger partial charge in [-0.15, -0.1) is 0 Å². The monoisotopic (exact) mass is 389 g/mol. The minimum Gasteiger partial charge on any atom is -0.398 e. The van der Waals surface area contributed by atoms with Gasteiger partial charge < -0.3 is 15.8 Å². The Bertz CT molecular complexity index is 891. The quantitative estimate of drug-likeness (QED) is 0.624. The number of benzene rings is 2. The van der Waals surface area contributed by atoms with E-state index in [9.17, 15) is 13.2 Å². The maximum absolute atomic E-state index is 12.3. The molecule has 4 N–H and O–H groups in total. The zero-order valence-electron chi connectivity index (χ0n) is 14.9. The van der Waals surface area contributed by atoms with Crippen molar-refractivity contribution in [3.63, 3.8) is 0 Å². The molecule has 1 unspecified atom stereocenters. The number of ether oxygens (including phenoxy) is 1. The lowest BCUT2D eigenvalue weighted by Crippen LogP contribution is -2.31. The Hall–Kier alpha value is -2.42. The molecule has 8 heteroatoms. The van der Waals surface area contributed by atoms with Gasteiger partial charge in [-0.3, -0.25) is 4.79 Å². The minimum absolute atomic E-state index is 0.0558. The molecule has 1 heterocycles. The zero-order chi connectivity index (χ0) is 19.3. The number of nitrogens with two attached hydrogens (primary N) is 1. The van der Waals surface area contributed by atoms with Crippen LogP contribution in [0.25, 0.3) is 0 Å². The van der Waals surface area contributed by atoms with Gasteiger partial charge in [-0.1, -0.05) is 24.3 Å². The first-order valence-corrected chi connectivity index (χ1v) is 10.3. The summed E-state index contributed by atoms with van der Waals surface area (Å²) in [5.74, 6) is -0.275. The molecule has 7 nitrogen and oxygen atoms in total. The fourth-order valence-electron chi connectivity index (χ4n) is 2.86. The maximum atomic E-state index is 12.3. The molecule has 2 aromatic carbocycles. The summed E-state index contributed by atoms with van der Waals surface area (Å²) in [5, 5.41) is 2.78. The van der Waals surface area contributed by atoms with Crippen LogP contribution < -0.4 is 15.8 Å². The second-order valence-electron chi connectivity index (χ2n) is 6.40. The summed E-state index contributed by atoms with van der Waals surface area (Å²) in [6.07, 6.45) is 1.77. The van der Waals surface area contributed by atoms with Crippen molar-refractivity contribution in [2.75, 3.05) is 18.9 Å². The molecule has 2 aromatic rings. The van der Waals surface area contributed by atoms with E-state index in [0.29, 0.717) is 17.9 Å². The van der Waals surface area contributed by atoms with Crippen LogP contribution >= 0.6 is 0 Å². The summed E-state index contributed by atoms with van der Waals surface area (Å²) in [6, 6.07) is 13.2. The second-order valence-corrected chi connectivity index (χ2v) is 8.17. The van der Waals surface area contributed by atoms with Crippen LogP contribution in [0.4, 0.5) is 5.69 Å². The summed E-state index contributed by atoms with van der Waals surface area (Å²) in [7, 11) is -3.58. The molecule has 144 valence electrons. The van der Waals surface area contributed by atoms with Crippen LogP contribution in [0.5, 0.6) is 0 Å². The van der Waals surface area contributed by atoms with E-state index in [1.165, 1.54) is 12.1 Å². The van der Waals surface area contributed by atoms with Crippen LogP contribution in [-0.4, -0.2) is 33.6 Å². The Morgan fingerprint density at radius 1 is 1.15 bits per heavy atom. The Morgan fingerprint density at radius 2 is 1.89 bits per heavy atom. The third-order valence-electron chi connectivity index (χ3n) is 4.42. The molecule has 1 aliphatic rings. The lowest BCUT2D eigenvalue weighted by atomic mass is 10.1. The summed E-state index contributed by atoms with van der Waals surface area (Å²) in [4.78, 5) is 12.4. The Kier molecular flexibility index (Phi) is 6.10. The number of amides is 1. The molecule has 1 saturated heterocycles. The number of nitrogen functional groups attached to an aromatic ring is 1. The van der Waals surface area contributed by atoms with Gasteiger partial charge >= 0.3 is 0 Å². The van der Waals surface area contributed by atoms with E-state index in [4.69, 9.17) is 10.5 Å². The van der Waals surface area contributed by atoms with E-state index in [1.807, 2.05) is 0 Å². The highest BCUT2D eigenvalue weighted by atomic mass is 32.2. The average Bonchev–Trinajstić information content (AvgIpc) is 3.19. The molecule has 27 heavy (non-hydrogen) atoms. The summed E-state index contributed by atoms with van der Waals surface area (Å²) in [6.45, 7) is 1.23. The minimum atomic E-state index is -3.58. The zero-order valence-corrected chi connectivity index (χ0v) is 15.7. The van der Waals surface area contributed by atoms with Crippen LogP contribution in [0, 0.1) is 0 Å². The first-order valence-electron chi connectivity index (χ1n) is 8.78. The molecule has 0 bridgehead atoms. The third-order valence-corrected chi connectivity index (χ3v) is 5.86. The van der Waals surface area contributed by atoms with Crippen LogP contribution in [0.2, 0.25) is 0 Å². The molecule has 1 amide bonds. The van der Waals surface area contributed by atoms with E-state index < -0.39 is 10.0 Å². The van der Waals surface area contributed by atoms with Crippen molar-refractivity contribution in [3.8, 4) is 0 Å². The molecule has 1 aliphatic heterocycles. The highest BCUT2D eigenvalue weighted by Gasteiger charge is 2.20. The van der Waals surface area contributed by atoms with Crippen molar-refractivity contribution < 1.29 is 17.9 Å². The van der Waals surface area contributed by atoms with Gasteiger partial charge in [0.2, 0.25) is 10.0 Å². The van der Waals surface area contributed by atoms with E-state index in [0.717, 1.165) is 18.4 Å². The molecule has 3 rings (SSSR count). The van der Waals surface area contributed by atoms with Gasteiger partial charge in [0.15, 0.2) is 0 Å². The molecular formula is C19H23N3O4S. The third kappa shape index (κ3) is 5.06. The molecule has 0 aliphatic carbocycles. The van der Waals surface area contributed by atoms with Crippen LogP contribution in [-0.2, 0) is 21.3 Å². The fourth-order valence-corrected chi connectivity index (χ4v) is 3.93. The van der Waals surface area contributed by atoms with Gasteiger partial charge in [0.05, 0.1) is 16.6 Å². The number of anilines is 1. The van der Waals surface area contributed by atoms with E-state index in [1.54, 1.807) is 36.4 Å². The van der Waals surface area contributed by atoms with Gasteiger partial charge in [0, 0.05) is 25.4 Å². The lowest BCUT2D eigenvalue weighted by molar-refractivity contribution is 0.0951. The highest BCUT2D eigenvalue weighted by Crippen LogP contribution is 2.15. The molecule has 0 spiro atoms. The van der Waals surface area contributed by atoms with Gasteiger partial charge in [0.1, 0.15) is 0 Å². The average molecular weight is 389 g/mol. The number of hydrogen-bond acceptors (Lipinski definition) is 5. The Labute approximate surface area is 159 Å². The topological polar surface area (TPSA) is 111 Å². The number of carbonyl (C=O) groups is 1. The summed E-state index contributed by atoms with van der Waals surface area (Å²) in [5.41, 5.74) is 7.40. The number of hydrogen-bond donors (Lipinski definition) is 3. The number of para-hydroxylation sites is 1. The maximum Gasteiger partial charge on any atom is 0.253 e. The van der Waals surface area contributed by atoms with Crippen molar-refractivity contribution in [1.29, 1.82) is 0 Å². The smallest absolute Gasteiger partial charge is 0.253 e. The van der Waals surface area contributed by atoms with Crippen LogP contribution in [0.3, 0.4) is 0 Å². The Morgan fingerprint density at radius 3 is 2.56 bits per heavy atom. The van der Waals surface area contributed by atoms with E-state index in [2.05, 4.69) is 10.0 Å². The Balaban J connectivity index is 1.56. The number of nitrogens with one attached hydrogen (secondary N) is 2. The molecule has 0 saturated carbocycles. The van der Waals surface area contributed by atoms with Crippen molar-refractivity contribution in [1.82, 2.24) is 10.0 Å². The SMILES string of the molecule is Nc1ccccc1C(=O)NCc1ccc(S(=O)(=O)NCC2CCCO2)cc1. The van der Waals surface area contributed by atoms with Gasteiger partial charge in [0.25, 0.3) is 5.91 Å². The predicted molar refractivity (Wildman–Crippen MR) is 103 cm³/mol. The van der Waals surface area contributed by atoms with Crippen molar-refractivity contribution in [2.24, 2.45) is 0 Å². The first kappa shape index (κ1) is 19.3. The number of carbonyl (C=O) groups excluding carboxylic acids is 1. The summed E-state index contributed by atoms with van der Waals surface area (Å²) < 4.78 is 32.7. The summed E-state index contributed by atoms with van der Waals surface area (Å²) >= 11 is 0. The molecule has 1 fully saturated rings.